The SMILES string of the molecule is O=C(CC1C(=O)Nc2ccccc2N1C(=O)c1ccc(Br)cc1)Nc1ccc(Cl)cc1. The van der Waals surface area contributed by atoms with E-state index in [4.69, 9.17) is 11.6 Å². The van der Waals surface area contributed by atoms with E-state index in [0.29, 0.717) is 27.6 Å². The van der Waals surface area contributed by atoms with Gasteiger partial charge in [0.15, 0.2) is 0 Å². The topological polar surface area (TPSA) is 78.5 Å². The maximum absolute atomic E-state index is 13.4. The normalized spacial score (nSPS) is 15.1. The second kappa shape index (κ2) is 8.91. The van der Waals surface area contributed by atoms with Crippen molar-refractivity contribution in [2.75, 3.05) is 15.5 Å². The summed E-state index contributed by atoms with van der Waals surface area (Å²) in [7, 11) is 0. The summed E-state index contributed by atoms with van der Waals surface area (Å²) < 4.78 is 0.833. The van der Waals surface area contributed by atoms with Crippen LogP contribution in [0.4, 0.5) is 17.1 Å². The molecule has 8 heteroatoms. The van der Waals surface area contributed by atoms with E-state index in [0.717, 1.165) is 4.47 Å². The number of carbonyl (C=O) groups is 3. The molecule has 1 atom stereocenters. The summed E-state index contributed by atoms with van der Waals surface area (Å²) in [5.74, 6) is -1.18. The highest BCUT2D eigenvalue weighted by Crippen LogP contribution is 2.34. The maximum Gasteiger partial charge on any atom is 0.259 e. The number of halogens is 2. The molecule has 3 aromatic rings. The average Bonchev–Trinajstić information content (AvgIpc) is 2.76. The van der Waals surface area contributed by atoms with Gasteiger partial charge in [0, 0.05) is 20.7 Å². The lowest BCUT2D eigenvalue weighted by molar-refractivity contribution is -0.122. The van der Waals surface area contributed by atoms with Gasteiger partial charge in [-0.2, -0.15) is 0 Å². The molecule has 1 aliphatic heterocycles. The molecule has 0 aliphatic carbocycles. The van der Waals surface area contributed by atoms with Crippen LogP contribution in [0.15, 0.2) is 77.3 Å². The van der Waals surface area contributed by atoms with Gasteiger partial charge in [-0.1, -0.05) is 39.7 Å². The number of amides is 3. The molecule has 0 radical (unpaired) electrons. The van der Waals surface area contributed by atoms with Crippen LogP contribution in [0.2, 0.25) is 5.02 Å². The van der Waals surface area contributed by atoms with E-state index in [1.165, 1.54) is 4.90 Å². The summed E-state index contributed by atoms with van der Waals surface area (Å²) in [6.45, 7) is 0. The first-order valence-electron chi connectivity index (χ1n) is 9.47. The number of para-hydroxylation sites is 2. The Hall–Kier alpha value is -3.16. The molecule has 156 valence electrons. The molecule has 2 N–H and O–H groups in total. The average molecular weight is 499 g/mol. The zero-order valence-electron chi connectivity index (χ0n) is 16.1. The van der Waals surface area contributed by atoms with Crippen molar-refractivity contribution in [3.63, 3.8) is 0 Å². The van der Waals surface area contributed by atoms with Crippen molar-refractivity contribution < 1.29 is 14.4 Å². The second-order valence-corrected chi connectivity index (χ2v) is 8.32. The van der Waals surface area contributed by atoms with Gasteiger partial charge in [-0.15, -0.1) is 0 Å². The summed E-state index contributed by atoms with van der Waals surface area (Å²) >= 11 is 9.24. The summed E-state index contributed by atoms with van der Waals surface area (Å²) in [6.07, 6.45) is -0.203. The van der Waals surface area contributed by atoms with Gasteiger partial charge in [-0.25, -0.2) is 0 Å². The molecule has 0 fully saturated rings. The first kappa shape index (κ1) is 21.1. The van der Waals surface area contributed by atoms with Crippen molar-refractivity contribution in [2.45, 2.75) is 12.5 Å². The third-order valence-corrected chi connectivity index (χ3v) is 5.63. The zero-order chi connectivity index (χ0) is 22.0. The second-order valence-electron chi connectivity index (χ2n) is 6.96. The molecular weight excluding hydrogens is 482 g/mol. The number of fused-ring (bicyclic) bond motifs is 1. The van der Waals surface area contributed by atoms with Crippen molar-refractivity contribution in [3.05, 3.63) is 87.9 Å². The number of nitrogens with zero attached hydrogens (tertiary/aromatic N) is 1. The number of hydrogen-bond donors (Lipinski definition) is 2. The molecule has 0 aromatic heterocycles. The zero-order valence-corrected chi connectivity index (χ0v) is 18.5. The van der Waals surface area contributed by atoms with Gasteiger partial charge >= 0.3 is 0 Å². The number of nitrogens with one attached hydrogen (secondary N) is 2. The van der Waals surface area contributed by atoms with Gasteiger partial charge < -0.3 is 10.6 Å². The monoisotopic (exact) mass is 497 g/mol. The van der Waals surface area contributed by atoms with Crippen molar-refractivity contribution in [2.24, 2.45) is 0 Å². The molecule has 4 rings (SSSR count). The lowest BCUT2D eigenvalue weighted by Gasteiger charge is -2.36. The largest absolute Gasteiger partial charge is 0.326 e. The summed E-state index contributed by atoms with van der Waals surface area (Å²) in [5, 5.41) is 6.09. The van der Waals surface area contributed by atoms with Crippen LogP contribution in [0.5, 0.6) is 0 Å². The van der Waals surface area contributed by atoms with Crippen LogP contribution in [-0.2, 0) is 9.59 Å². The van der Waals surface area contributed by atoms with Gasteiger partial charge in [0.25, 0.3) is 5.91 Å². The minimum absolute atomic E-state index is 0.203. The number of carbonyl (C=O) groups excluding carboxylic acids is 3. The molecule has 0 bridgehead atoms. The highest BCUT2D eigenvalue weighted by Gasteiger charge is 2.38. The molecule has 0 spiro atoms. The van der Waals surface area contributed by atoms with Crippen LogP contribution in [-0.4, -0.2) is 23.8 Å². The predicted octanol–water partition coefficient (Wildman–Crippen LogP) is 5.10. The van der Waals surface area contributed by atoms with Gasteiger partial charge in [-0.3, -0.25) is 19.3 Å². The Labute approximate surface area is 192 Å². The van der Waals surface area contributed by atoms with Crippen molar-refractivity contribution in [1.29, 1.82) is 0 Å². The summed E-state index contributed by atoms with van der Waals surface area (Å²) in [4.78, 5) is 40.4. The highest BCUT2D eigenvalue weighted by atomic mass is 79.9. The molecule has 1 aliphatic rings. The van der Waals surface area contributed by atoms with Crippen LogP contribution in [0.1, 0.15) is 16.8 Å². The fourth-order valence-electron chi connectivity index (χ4n) is 3.38. The Morgan fingerprint density at radius 2 is 1.68 bits per heavy atom. The Balaban J connectivity index is 1.64. The van der Waals surface area contributed by atoms with Crippen molar-refractivity contribution >= 4 is 62.3 Å². The number of rotatable bonds is 4. The van der Waals surface area contributed by atoms with E-state index in [2.05, 4.69) is 26.6 Å². The molecule has 1 unspecified atom stereocenters. The molecular formula is C23H17BrClN3O3. The van der Waals surface area contributed by atoms with Crippen LogP contribution in [0, 0.1) is 0 Å². The third kappa shape index (κ3) is 4.62. The standard InChI is InChI=1S/C23H17BrClN3O3/c24-15-7-5-14(6-8-15)23(31)28-19-4-2-1-3-18(19)27-22(30)20(28)13-21(29)26-17-11-9-16(25)10-12-17/h1-12,20H,13H2,(H,26,29)(H,27,30). The van der Waals surface area contributed by atoms with E-state index in [1.54, 1.807) is 72.8 Å². The Morgan fingerprint density at radius 3 is 2.39 bits per heavy atom. The van der Waals surface area contributed by atoms with E-state index in [1.807, 2.05) is 0 Å². The first-order chi connectivity index (χ1) is 14.9. The van der Waals surface area contributed by atoms with E-state index < -0.39 is 17.9 Å². The number of hydrogen-bond acceptors (Lipinski definition) is 3. The summed E-state index contributed by atoms with van der Waals surface area (Å²) in [6, 6.07) is 19.5. The van der Waals surface area contributed by atoms with E-state index in [-0.39, 0.29) is 12.3 Å². The van der Waals surface area contributed by atoms with Crippen LogP contribution in [0.3, 0.4) is 0 Å². The highest BCUT2D eigenvalue weighted by molar-refractivity contribution is 9.10. The fraction of sp³-hybridized carbons (Fsp3) is 0.0870. The lowest BCUT2D eigenvalue weighted by atomic mass is 10.0. The molecule has 1 heterocycles. The third-order valence-electron chi connectivity index (χ3n) is 4.85. The van der Waals surface area contributed by atoms with Gasteiger partial charge in [0.1, 0.15) is 6.04 Å². The van der Waals surface area contributed by atoms with Crippen molar-refractivity contribution in [3.8, 4) is 0 Å². The molecule has 3 amide bonds. The smallest absolute Gasteiger partial charge is 0.259 e. The minimum atomic E-state index is -1.00. The first-order valence-corrected chi connectivity index (χ1v) is 10.6. The van der Waals surface area contributed by atoms with Crippen LogP contribution in [0.25, 0.3) is 0 Å². The molecule has 3 aromatic carbocycles. The minimum Gasteiger partial charge on any atom is -0.326 e. The van der Waals surface area contributed by atoms with E-state index >= 15 is 0 Å². The lowest BCUT2D eigenvalue weighted by Crippen LogP contribution is -2.52. The fourth-order valence-corrected chi connectivity index (χ4v) is 3.77. The molecule has 6 nitrogen and oxygen atoms in total. The maximum atomic E-state index is 13.4. The molecule has 31 heavy (non-hydrogen) atoms. The Morgan fingerprint density at radius 1 is 1.00 bits per heavy atom. The Kier molecular flexibility index (Phi) is 6.06. The van der Waals surface area contributed by atoms with Gasteiger partial charge in [0.2, 0.25) is 11.8 Å². The Bertz CT molecular complexity index is 1150. The predicted molar refractivity (Wildman–Crippen MR) is 125 cm³/mol. The van der Waals surface area contributed by atoms with Gasteiger partial charge in [-0.05, 0) is 60.7 Å². The summed E-state index contributed by atoms with van der Waals surface area (Å²) in [5.41, 5.74) is 2.03. The van der Waals surface area contributed by atoms with E-state index in [9.17, 15) is 14.4 Å². The van der Waals surface area contributed by atoms with Crippen LogP contribution >= 0.6 is 27.5 Å². The number of anilines is 3. The van der Waals surface area contributed by atoms with Gasteiger partial charge in [0.05, 0.1) is 17.8 Å². The van der Waals surface area contributed by atoms with Crippen molar-refractivity contribution in [1.82, 2.24) is 0 Å². The molecule has 0 saturated heterocycles. The van der Waals surface area contributed by atoms with Crippen LogP contribution < -0.4 is 15.5 Å². The number of benzene rings is 3. The molecule has 0 saturated carbocycles. The quantitative estimate of drug-likeness (QED) is 0.525.